The molecular weight excluding hydrogens is 214 g/mol. The molecule has 17 heavy (non-hydrogen) atoms. The maximum Gasteiger partial charge on any atom is 0.323 e. The van der Waals surface area contributed by atoms with Crippen LogP contribution in [0.4, 0.5) is 0 Å². The summed E-state index contributed by atoms with van der Waals surface area (Å²) in [6.45, 7) is 4.37. The average Bonchev–Trinajstić information content (AvgIpc) is 2.38. The number of carbonyl (C=O) groups is 1. The molecule has 2 unspecified atom stereocenters. The van der Waals surface area contributed by atoms with E-state index in [9.17, 15) is 4.79 Å². The molecule has 0 aliphatic carbocycles. The highest BCUT2D eigenvalue weighted by molar-refractivity contribution is 5.75. The van der Waals surface area contributed by atoms with Crippen LogP contribution in [-0.4, -0.2) is 18.6 Å². The van der Waals surface area contributed by atoms with Crippen LogP contribution in [0.2, 0.25) is 0 Å². The summed E-state index contributed by atoms with van der Waals surface area (Å²) in [6.07, 6.45) is 1.62. The molecule has 0 fully saturated rings. The standard InChI is InChI=1S/C14H21NO2/c1-3-11(2)13(15)14(16)17-10-9-12-7-5-4-6-8-12/h4-8,11,13H,3,9-10,15H2,1-2H3. The van der Waals surface area contributed by atoms with Gasteiger partial charge in [-0.3, -0.25) is 4.79 Å². The Kier molecular flexibility index (Phi) is 5.70. The van der Waals surface area contributed by atoms with Crippen molar-refractivity contribution in [1.82, 2.24) is 0 Å². The Bertz CT molecular complexity index is 337. The molecule has 0 bridgehead atoms. The summed E-state index contributed by atoms with van der Waals surface area (Å²) < 4.78 is 5.17. The minimum atomic E-state index is -0.504. The van der Waals surface area contributed by atoms with E-state index in [1.54, 1.807) is 0 Å². The second-order valence-corrected chi connectivity index (χ2v) is 4.31. The molecule has 0 radical (unpaired) electrons. The van der Waals surface area contributed by atoms with Crippen LogP contribution in [0.25, 0.3) is 0 Å². The van der Waals surface area contributed by atoms with Crippen molar-refractivity contribution in [3.8, 4) is 0 Å². The van der Waals surface area contributed by atoms with E-state index < -0.39 is 6.04 Å². The topological polar surface area (TPSA) is 52.3 Å². The highest BCUT2D eigenvalue weighted by atomic mass is 16.5. The van der Waals surface area contributed by atoms with Crippen molar-refractivity contribution >= 4 is 5.97 Å². The van der Waals surface area contributed by atoms with E-state index >= 15 is 0 Å². The molecule has 0 amide bonds. The van der Waals surface area contributed by atoms with Crippen LogP contribution in [0.15, 0.2) is 30.3 Å². The lowest BCUT2D eigenvalue weighted by Crippen LogP contribution is -2.38. The van der Waals surface area contributed by atoms with E-state index in [4.69, 9.17) is 10.5 Å². The van der Waals surface area contributed by atoms with Crippen LogP contribution >= 0.6 is 0 Å². The van der Waals surface area contributed by atoms with Crippen molar-refractivity contribution in [3.05, 3.63) is 35.9 Å². The van der Waals surface area contributed by atoms with E-state index in [0.29, 0.717) is 6.61 Å². The number of rotatable bonds is 6. The van der Waals surface area contributed by atoms with Gasteiger partial charge < -0.3 is 10.5 Å². The normalized spacial score (nSPS) is 14.1. The van der Waals surface area contributed by atoms with Gasteiger partial charge in [-0.15, -0.1) is 0 Å². The fraction of sp³-hybridized carbons (Fsp3) is 0.500. The molecule has 0 heterocycles. The van der Waals surface area contributed by atoms with Gasteiger partial charge in [0.05, 0.1) is 6.61 Å². The van der Waals surface area contributed by atoms with Gasteiger partial charge >= 0.3 is 5.97 Å². The van der Waals surface area contributed by atoms with Gasteiger partial charge in [0.25, 0.3) is 0 Å². The molecule has 0 spiro atoms. The van der Waals surface area contributed by atoms with E-state index in [-0.39, 0.29) is 11.9 Å². The Morgan fingerprint density at radius 1 is 1.35 bits per heavy atom. The summed E-state index contributed by atoms with van der Waals surface area (Å²) in [6, 6.07) is 9.44. The highest BCUT2D eigenvalue weighted by Gasteiger charge is 2.20. The number of esters is 1. The Labute approximate surface area is 103 Å². The van der Waals surface area contributed by atoms with Crippen molar-refractivity contribution in [2.75, 3.05) is 6.61 Å². The van der Waals surface area contributed by atoms with Crippen molar-refractivity contribution < 1.29 is 9.53 Å². The van der Waals surface area contributed by atoms with Gasteiger partial charge in [-0.2, -0.15) is 0 Å². The second-order valence-electron chi connectivity index (χ2n) is 4.31. The fourth-order valence-electron chi connectivity index (χ4n) is 1.50. The third-order valence-electron chi connectivity index (χ3n) is 3.01. The van der Waals surface area contributed by atoms with E-state index in [1.165, 1.54) is 0 Å². The number of benzene rings is 1. The number of hydrogen-bond acceptors (Lipinski definition) is 3. The Morgan fingerprint density at radius 3 is 2.59 bits per heavy atom. The number of nitrogens with two attached hydrogens (primary N) is 1. The zero-order valence-electron chi connectivity index (χ0n) is 10.6. The van der Waals surface area contributed by atoms with Gasteiger partial charge in [0, 0.05) is 6.42 Å². The fourth-order valence-corrected chi connectivity index (χ4v) is 1.50. The number of ether oxygens (including phenoxy) is 1. The van der Waals surface area contributed by atoms with Crippen molar-refractivity contribution in [2.45, 2.75) is 32.7 Å². The lowest BCUT2D eigenvalue weighted by atomic mass is 10.0. The molecule has 0 saturated carbocycles. The molecule has 94 valence electrons. The van der Waals surface area contributed by atoms with Crippen LogP contribution in [0.1, 0.15) is 25.8 Å². The molecule has 1 aromatic carbocycles. The minimum absolute atomic E-state index is 0.166. The molecule has 1 rings (SSSR count). The van der Waals surface area contributed by atoms with Crippen LogP contribution < -0.4 is 5.73 Å². The maximum absolute atomic E-state index is 11.6. The molecule has 0 aromatic heterocycles. The van der Waals surface area contributed by atoms with Gasteiger partial charge in [0.2, 0.25) is 0 Å². The first-order valence-electron chi connectivity index (χ1n) is 6.11. The predicted molar refractivity (Wildman–Crippen MR) is 68.5 cm³/mol. The summed E-state index contributed by atoms with van der Waals surface area (Å²) in [5.41, 5.74) is 6.94. The molecule has 0 saturated heterocycles. The molecule has 3 heteroatoms. The lowest BCUT2D eigenvalue weighted by molar-refractivity contribution is -0.146. The molecule has 0 aliphatic heterocycles. The Morgan fingerprint density at radius 2 is 2.00 bits per heavy atom. The van der Waals surface area contributed by atoms with Crippen LogP contribution in [0, 0.1) is 5.92 Å². The SMILES string of the molecule is CCC(C)C(N)C(=O)OCCc1ccccc1. The van der Waals surface area contributed by atoms with Gasteiger partial charge in [-0.25, -0.2) is 0 Å². The molecule has 2 N–H and O–H groups in total. The minimum Gasteiger partial charge on any atom is -0.464 e. The van der Waals surface area contributed by atoms with Gasteiger partial charge in [0.1, 0.15) is 6.04 Å². The summed E-state index contributed by atoms with van der Waals surface area (Å²) in [5.74, 6) is -0.130. The zero-order chi connectivity index (χ0) is 12.7. The van der Waals surface area contributed by atoms with E-state index in [0.717, 1.165) is 18.4 Å². The first kappa shape index (κ1) is 13.7. The van der Waals surface area contributed by atoms with Crippen LogP contribution in [0.3, 0.4) is 0 Å². The first-order valence-corrected chi connectivity index (χ1v) is 6.11. The smallest absolute Gasteiger partial charge is 0.323 e. The first-order chi connectivity index (χ1) is 8.15. The van der Waals surface area contributed by atoms with Crippen LogP contribution in [-0.2, 0) is 16.0 Å². The molecule has 3 nitrogen and oxygen atoms in total. The average molecular weight is 235 g/mol. The zero-order valence-corrected chi connectivity index (χ0v) is 10.6. The third kappa shape index (κ3) is 4.57. The van der Waals surface area contributed by atoms with Crippen molar-refractivity contribution in [3.63, 3.8) is 0 Å². The molecule has 0 aliphatic rings. The molecule has 1 aromatic rings. The maximum atomic E-state index is 11.6. The summed E-state index contributed by atoms with van der Waals surface area (Å²) >= 11 is 0. The third-order valence-corrected chi connectivity index (χ3v) is 3.01. The summed E-state index contributed by atoms with van der Waals surface area (Å²) in [4.78, 5) is 11.6. The van der Waals surface area contributed by atoms with E-state index in [1.807, 2.05) is 44.2 Å². The Hall–Kier alpha value is -1.35. The monoisotopic (exact) mass is 235 g/mol. The second kappa shape index (κ2) is 7.07. The molecular formula is C14H21NO2. The van der Waals surface area contributed by atoms with Gasteiger partial charge in [-0.05, 0) is 11.5 Å². The van der Waals surface area contributed by atoms with Gasteiger partial charge in [0.15, 0.2) is 0 Å². The quantitative estimate of drug-likeness (QED) is 0.769. The molecule has 2 atom stereocenters. The Balaban J connectivity index is 2.29. The summed E-state index contributed by atoms with van der Waals surface area (Å²) in [5, 5.41) is 0. The largest absolute Gasteiger partial charge is 0.464 e. The lowest BCUT2D eigenvalue weighted by Gasteiger charge is -2.16. The number of carbonyl (C=O) groups excluding carboxylic acids is 1. The highest BCUT2D eigenvalue weighted by Crippen LogP contribution is 2.07. The number of hydrogen-bond donors (Lipinski definition) is 1. The predicted octanol–water partition coefficient (Wildman–Crippen LogP) is 2.15. The summed E-state index contributed by atoms with van der Waals surface area (Å²) in [7, 11) is 0. The van der Waals surface area contributed by atoms with Crippen molar-refractivity contribution in [2.24, 2.45) is 11.7 Å². The van der Waals surface area contributed by atoms with Crippen LogP contribution in [0.5, 0.6) is 0 Å². The van der Waals surface area contributed by atoms with Crippen molar-refractivity contribution in [1.29, 1.82) is 0 Å². The van der Waals surface area contributed by atoms with E-state index in [2.05, 4.69) is 0 Å². The van der Waals surface area contributed by atoms with Gasteiger partial charge in [-0.1, -0.05) is 50.6 Å².